The first kappa shape index (κ1) is 23.5. The van der Waals surface area contributed by atoms with Crippen LogP contribution in [0, 0.1) is 0 Å². The fourth-order valence-corrected chi connectivity index (χ4v) is 5.10. The Balaban J connectivity index is 2.02. The third-order valence-electron chi connectivity index (χ3n) is 4.96. The third-order valence-corrected chi connectivity index (χ3v) is 7.52. The van der Waals surface area contributed by atoms with E-state index in [9.17, 15) is 18.0 Å². The molecule has 1 aliphatic rings. The molecule has 1 atom stereocenters. The molecule has 1 aromatic carbocycles. The van der Waals surface area contributed by atoms with Gasteiger partial charge in [0.25, 0.3) is 0 Å². The molecular weight excluding hydrogens is 412 g/mol. The summed E-state index contributed by atoms with van der Waals surface area (Å²) in [5, 5.41) is 2.50. The Kier molecular flexibility index (Phi) is 8.35. The maximum atomic E-state index is 12.9. The van der Waals surface area contributed by atoms with E-state index in [-0.39, 0.29) is 37.0 Å². The number of hydrogen-bond donors (Lipinski definition) is 2. The van der Waals surface area contributed by atoms with Crippen LogP contribution in [0.3, 0.4) is 0 Å². The monoisotopic (exact) mass is 442 g/mol. The standard InChI is InChI=1S/C19H30N4O4S2/c1-14(2)15-4-6-16(7-5-15)29(26,27)23-11-9-22(10-12-23)18(24)17(8-13-28-3)21-19(20)25/h4-7,14,17H,8-13H2,1-3H3,(H3,20,21,25)/t17-/m1/s1. The number of nitrogens with one attached hydrogen (secondary N) is 1. The van der Waals surface area contributed by atoms with Gasteiger partial charge in [0.2, 0.25) is 15.9 Å². The van der Waals surface area contributed by atoms with Crippen molar-refractivity contribution >= 4 is 33.7 Å². The van der Waals surface area contributed by atoms with Crippen LogP contribution in [0.4, 0.5) is 4.79 Å². The Morgan fingerprint density at radius 1 is 1.14 bits per heavy atom. The van der Waals surface area contributed by atoms with Crippen molar-refractivity contribution in [2.45, 2.75) is 37.1 Å². The minimum absolute atomic E-state index is 0.214. The summed E-state index contributed by atoms with van der Waals surface area (Å²) in [4.78, 5) is 25.8. The SMILES string of the molecule is CSCC[C@@H](NC(N)=O)C(=O)N1CCN(S(=O)(=O)c2ccc(C(C)C)cc2)CC1. The Hall–Kier alpha value is -1.78. The summed E-state index contributed by atoms with van der Waals surface area (Å²) in [7, 11) is -3.60. The van der Waals surface area contributed by atoms with Crippen molar-refractivity contribution in [1.29, 1.82) is 0 Å². The summed E-state index contributed by atoms with van der Waals surface area (Å²) >= 11 is 1.57. The second kappa shape index (κ2) is 10.3. The van der Waals surface area contributed by atoms with E-state index in [0.717, 1.165) is 5.56 Å². The van der Waals surface area contributed by atoms with Gasteiger partial charge >= 0.3 is 6.03 Å². The number of primary amides is 1. The van der Waals surface area contributed by atoms with E-state index in [1.165, 1.54) is 4.31 Å². The first-order valence-electron chi connectivity index (χ1n) is 9.60. The third kappa shape index (κ3) is 6.10. The molecule has 0 unspecified atom stereocenters. The molecule has 8 nitrogen and oxygen atoms in total. The lowest BCUT2D eigenvalue weighted by Crippen LogP contribution is -2.56. The number of thioether (sulfide) groups is 1. The first-order chi connectivity index (χ1) is 13.7. The average molecular weight is 443 g/mol. The zero-order valence-corrected chi connectivity index (χ0v) is 18.8. The molecule has 3 N–H and O–H groups in total. The molecule has 0 radical (unpaired) electrons. The van der Waals surface area contributed by atoms with E-state index in [1.54, 1.807) is 28.8 Å². The van der Waals surface area contributed by atoms with Crippen LogP contribution in [0.1, 0.15) is 31.7 Å². The van der Waals surface area contributed by atoms with Gasteiger partial charge in [-0.3, -0.25) is 4.79 Å². The number of carbonyl (C=O) groups is 2. The summed E-state index contributed by atoms with van der Waals surface area (Å²) in [6, 6.07) is 5.52. The van der Waals surface area contributed by atoms with Crippen LogP contribution in [-0.2, 0) is 14.8 Å². The molecule has 1 heterocycles. The van der Waals surface area contributed by atoms with Crippen molar-refractivity contribution in [3.8, 4) is 0 Å². The van der Waals surface area contributed by atoms with Crippen LogP contribution < -0.4 is 11.1 Å². The fourth-order valence-electron chi connectivity index (χ4n) is 3.21. The minimum atomic E-state index is -3.60. The van der Waals surface area contributed by atoms with Gasteiger partial charge in [-0.15, -0.1) is 0 Å². The molecule has 1 saturated heterocycles. The predicted molar refractivity (Wildman–Crippen MR) is 115 cm³/mol. The highest BCUT2D eigenvalue weighted by Gasteiger charge is 2.32. The molecule has 0 bridgehead atoms. The van der Waals surface area contributed by atoms with E-state index < -0.39 is 22.1 Å². The Morgan fingerprint density at radius 3 is 2.21 bits per heavy atom. The molecule has 162 valence electrons. The maximum Gasteiger partial charge on any atom is 0.312 e. The van der Waals surface area contributed by atoms with Gasteiger partial charge < -0.3 is 16.0 Å². The van der Waals surface area contributed by atoms with E-state index in [2.05, 4.69) is 19.2 Å². The van der Waals surface area contributed by atoms with Crippen molar-refractivity contribution < 1.29 is 18.0 Å². The molecule has 1 fully saturated rings. The maximum absolute atomic E-state index is 12.9. The second-order valence-corrected chi connectivity index (χ2v) is 10.2. The summed E-state index contributed by atoms with van der Waals surface area (Å²) in [6.07, 6.45) is 2.40. The van der Waals surface area contributed by atoms with Gasteiger partial charge in [0, 0.05) is 26.2 Å². The van der Waals surface area contributed by atoms with Gasteiger partial charge in [-0.25, -0.2) is 13.2 Å². The van der Waals surface area contributed by atoms with Crippen LogP contribution >= 0.6 is 11.8 Å². The minimum Gasteiger partial charge on any atom is -0.352 e. The number of carbonyl (C=O) groups excluding carboxylic acids is 2. The highest BCUT2D eigenvalue weighted by atomic mass is 32.2. The largest absolute Gasteiger partial charge is 0.352 e. The highest BCUT2D eigenvalue weighted by Crippen LogP contribution is 2.21. The van der Waals surface area contributed by atoms with E-state index >= 15 is 0 Å². The Bertz CT molecular complexity index is 804. The average Bonchev–Trinajstić information content (AvgIpc) is 2.70. The number of rotatable bonds is 8. The molecule has 1 aromatic rings. The quantitative estimate of drug-likeness (QED) is 0.632. The van der Waals surface area contributed by atoms with Crippen molar-refractivity contribution in [1.82, 2.24) is 14.5 Å². The van der Waals surface area contributed by atoms with E-state index in [4.69, 9.17) is 5.73 Å². The van der Waals surface area contributed by atoms with Gasteiger partial charge in [-0.1, -0.05) is 26.0 Å². The lowest BCUT2D eigenvalue weighted by molar-refractivity contribution is -0.134. The number of sulfonamides is 1. The molecule has 0 spiro atoms. The van der Waals surface area contributed by atoms with Crippen LogP contribution in [0.5, 0.6) is 0 Å². The number of urea groups is 1. The van der Waals surface area contributed by atoms with Crippen molar-refractivity contribution in [3.05, 3.63) is 29.8 Å². The number of nitrogens with two attached hydrogens (primary N) is 1. The van der Waals surface area contributed by atoms with Crippen LogP contribution in [-0.4, -0.2) is 73.8 Å². The van der Waals surface area contributed by atoms with Crippen LogP contribution in [0.2, 0.25) is 0 Å². The second-order valence-electron chi connectivity index (χ2n) is 7.30. The van der Waals surface area contributed by atoms with Gasteiger partial charge in [-0.2, -0.15) is 16.1 Å². The molecule has 1 aliphatic heterocycles. The number of piperazine rings is 1. The van der Waals surface area contributed by atoms with E-state index in [0.29, 0.717) is 18.1 Å². The van der Waals surface area contributed by atoms with Gasteiger partial charge in [0.05, 0.1) is 4.90 Å². The Labute approximate surface area is 177 Å². The number of amides is 3. The normalized spacial score (nSPS) is 16.6. The topological polar surface area (TPSA) is 113 Å². The molecule has 2 rings (SSSR count). The van der Waals surface area contributed by atoms with Crippen molar-refractivity contribution in [2.24, 2.45) is 5.73 Å². The molecule has 3 amide bonds. The number of nitrogens with zero attached hydrogens (tertiary/aromatic N) is 2. The lowest BCUT2D eigenvalue weighted by Gasteiger charge is -2.35. The van der Waals surface area contributed by atoms with Gasteiger partial charge in [0.15, 0.2) is 0 Å². The fraction of sp³-hybridized carbons (Fsp3) is 0.579. The van der Waals surface area contributed by atoms with Crippen LogP contribution in [0.15, 0.2) is 29.2 Å². The molecule has 10 heteroatoms. The van der Waals surface area contributed by atoms with Crippen LogP contribution in [0.25, 0.3) is 0 Å². The van der Waals surface area contributed by atoms with Crippen molar-refractivity contribution in [3.63, 3.8) is 0 Å². The molecule has 0 aromatic heterocycles. The zero-order valence-electron chi connectivity index (χ0n) is 17.1. The first-order valence-corrected chi connectivity index (χ1v) is 12.4. The highest BCUT2D eigenvalue weighted by molar-refractivity contribution is 7.98. The van der Waals surface area contributed by atoms with Crippen molar-refractivity contribution in [2.75, 3.05) is 38.2 Å². The molecule has 0 saturated carbocycles. The predicted octanol–water partition coefficient (Wildman–Crippen LogP) is 1.43. The number of benzene rings is 1. The van der Waals surface area contributed by atoms with E-state index in [1.807, 2.05) is 18.4 Å². The molecule has 0 aliphatic carbocycles. The Morgan fingerprint density at radius 2 is 1.72 bits per heavy atom. The smallest absolute Gasteiger partial charge is 0.312 e. The molecular formula is C19H30N4O4S2. The van der Waals surface area contributed by atoms with Gasteiger partial charge in [0.1, 0.15) is 6.04 Å². The summed E-state index contributed by atoms with van der Waals surface area (Å²) in [6.45, 7) is 5.09. The number of hydrogen-bond acceptors (Lipinski definition) is 5. The summed E-state index contributed by atoms with van der Waals surface area (Å²) < 4.78 is 27.2. The summed E-state index contributed by atoms with van der Waals surface area (Å²) in [5.41, 5.74) is 6.27. The molecule has 29 heavy (non-hydrogen) atoms. The lowest BCUT2D eigenvalue weighted by atomic mass is 10.0. The summed E-state index contributed by atoms with van der Waals surface area (Å²) in [5.74, 6) is 0.808. The van der Waals surface area contributed by atoms with Gasteiger partial charge in [-0.05, 0) is 42.0 Å². The zero-order chi connectivity index (χ0) is 21.6.